The zero-order valence-corrected chi connectivity index (χ0v) is 11.3. The molecule has 0 fully saturated rings. The standard InChI is InChI=1S/C14H18N2O3/c1-16(2)11-6-4-5-10-13(11)9(8-15-10)7-12(19-3)14(17)18/h4-6,8,12,15H,7H2,1-3H3,(H,17,18)/t12-/m0/s1. The highest BCUT2D eigenvalue weighted by atomic mass is 16.5. The van der Waals surface area contributed by atoms with Gasteiger partial charge in [-0.1, -0.05) is 6.07 Å². The Kier molecular flexibility index (Phi) is 3.76. The highest BCUT2D eigenvalue weighted by Crippen LogP contribution is 2.29. The van der Waals surface area contributed by atoms with Crippen molar-refractivity contribution in [2.45, 2.75) is 12.5 Å². The van der Waals surface area contributed by atoms with Crippen LogP contribution in [-0.4, -0.2) is 43.4 Å². The Morgan fingerprint density at radius 3 is 2.79 bits per heavy atom. The number of benzene rings is 1. The van der Waals surface area contributed by atoms with Crippen LogP contribution in [0.15, 0.2) is 24.4 Å². The summed E-state index contributed by atoms with van der Waals surface area (Å²) < 4.78 is 5.01. The van der Waals surface area contributed by atoms with Crippen LogP contribution in [0.5, 0.6) is 0 Å². The third-order valence-electron chi connectivity index (χ3n) is 3.21. The minimum atomic E-state index is -0.945. The lowest BCUT2D eigenvalue weighted by atomic mass is 10.0. The van der Waals surface area contributed by atoms with Crippen molar-refractivity contribution in [1.29, 1.82) is 0 Å². The van der Waals surface area contributed by atoms with Crippen LogP contribution in [0.25, 0.3) is 10.9 Å². The van der Waals surface area contributed by atoms with Crippen molar-refractivity contribution >= 4 is 22.6 Å². The van der Waals surface area contributed by atoms with E-state index in [4.69, 9.17) is 9.84 Å². The van der Waals surface area contributed by atoms with E-state index < -0.39 is 12.1 Å². The van der Waals surface area contributed by atoms with Crippen LogP contribution in [0.4, 0.5) is 5.69 Å². The van der Waals surface area contributed by atoms with E-state index in [9.17, 15) is 4.79 Å². The van der Waals surface area contributed by atoms with Crippen molar-refractivity contribution in [3.8, 4) is 0 Å². The molecule has 0 saturated heterocycles. The van der Waals surface area contributed by atoms with Crippen molar-refractivity contribution in [3.05, 3.63) is 30.0 Å². The number of carboxylic acid groups (broad SMARTS) is 1. The van der Waals surface area contributed by atoms with Crippen LogP contribution in [0, 0.1) is 0 Å². The summed E-state index contributed by atoms with van der Waals surface area (Å²) in [6, 6.07) is 5.97. The number of carbonyl (C=O) groups is 1. The second-order valence-electron chi connectivity index (χ2n) is 4.67. The van der Waals surface area contributed by atoms with E-state index in [1.165, 1.54) is 7.11 Å². The Hall–Kier alpha value is -2.01. The molecular formula is C14H18N2O3. The Labute approximate surface area is 111 Å². The number of nitrogens with zero attached hydrogens (tertiary/aromatic N) is 1. The van der Waals surface area contributed by atoms with Crippen LogP contribution in [0.3, 0.4) is 0 Å². The number of fused-ring (bicyclic) bond motifs is 1. The topological polar surface area (TPSA) is 65.6 Å². The Morgan fingerprint density at radius 1 is 1.47 bits per heavy atom. The zero-order chi connectivity index (χ0) is 14.0. The minimum absolute atomic E-state index is 0.344. The van der Waals surface area contributed by atoms with E-state index in [1.807, 2.05) is 43.4 Å². The number of nitrogens with one attached hydrogen (secondary N) is 1. The normalized spacial score (nSPS) is 12.6. The third-order valence-corrected chi connectivity index (χ3v) is 3.21. The molecule has 0 bridgehead atoms. The van der Waals surface area contributed by atoms with Gasteiger partial charge in [-0.05, 0) is 17.7 Å². The summed E-state index contributed by atoms with van der Waals surface area (Å²) in [7, 11) is 5.35. The fourth-order valence-electron chi connectivity index (χ4n) is 2.24. The minimum Gasteiger partial charge on any atom is -0.479 e. The first-order chi connectivity index (χ1) is 9.04. The summed E-state index contributed by atoms with van der Waals surface area (Å²) in [5.74, 6) is -0.945. The van der Waals surface area contributed by atoms with E-state index >= 15 is 0 Å². The lowest BCUT2D eigenvalue weighted by Crippen LogP contribution is -2.24. The van der Waals surface area contributed by atoms with Gasteiger partial charge in [-0.2, -0.15) is 0 Å². The summed E-state index contributed by atoms with van der Waals surface area (Å²) >= 11 is 0. The van der Waals surface area contributed by atoms with E-state index in [1.54, 1.807) is 0 Å². The van der Waals surface area contributed by atoms with Gasteiger partial charge < -0.3 is 19.7 Å². The van der Waals surface area contributed by atoms with Crippen molar-refractivity contribution in [1.82, 2.24) is 4.98 Å². The first-order valence-electron chi connectivity index (χ1n) is 6.06. The molecule has 5 nitrogen and oxygen atoms in total. The monoisotopic (exact) mass is 262 g/mol. The van der Waals surface area contributed by atoms with Gasteiger partial charge in [-0.3, -0.25) is 0 Å². The second-order valence-corrected chi connectivity index (χ2v) is 4.67. The number of aliphatic carboxylic acids is 1. The SMILES string of the molecule is CO[C@@H](Cc1c[nH]c2cccc(N(C)C)c12)C(=O)O. The molecule has 0 unspecified atom stereocenters. The van der Waals surface area contributed by atoms with Gasteiger partial charge in [0.25, 0.3) is 0 Å². The number of aromatic amines is 1. The molecule has 1 aromatic heterocycles. The van der Waals surface area contributed by atoms with E-state index in [0.29, 0.717) is 6.42 Å². The number of aromatic nitrogens is 1. The summed E-state index contributed by atoms with van der Waals surface area (Å²) in [6.45, 7) is 0. The molecule has 2 aromatic rings. The van der Waals surface area contributed by atoms with Crippen LogP contribution in [0.1, 0.15) is 5.56 Å². The molecule has 0 radical (unpaired) electrons. The average Bonchev–Trinajstić information content (AvgIpc) is 2.78. The predicted molar refractivity (Wildman–Crippen MR) is 74.8 cm³/mol. The van der Waals surface area contributed by atoms with Gasteiger partial charge in [0.15, 0.2) is 6.10 Å². The molecule has 1 aromatic carbocycles. The number of hydrogen-bond acceptors (Lipinski definition) is 3. The zero-order valence-electron chi connectivity index (χ0n) is 11.3. The maximum atomic E-state index is 11.1. The summed E-state index contributed by atoms with van der Waals surface area (Å²) in [4.78, 5) is 16.3. The summed E-state index contributed by atoms with van der Waals surface area (Å²) in [5, 5.41) is 10.1. The van der Waals surface area contributed by atoms with Gasteiger partial charge >= 0.3 is 5.97 Å². The Bertz CT molecular complexity index is 589. The molecule has 0 aliphatic rings. The number of anilines is 1. The van der Waals surface area contributed by atoms with Crippen molar-refractivity contribution in [2.24, 2.45) is 0 Å². The molecule has 1 atom stereocenters. The van der Waals surface area contributed by atoms with E-state index in [0.717, 1.165) is 22.2 Å². The van der Waals surface area contributed by atoms with E-state index in [-0.39, 0.29) is 0 Å². The smallest absolute Gasteiger partial charge is 0.333 e. The van der Waals surface area contributed by atoms with Crippen LogP contribution in [0.2, 0.25) is 0 Å². The van der Waals surface area contributed by atoms with Gasteiger partial charge in [-0.25, -0.2) is 4.79 Å². The van der Waals surface area contributed by atoms with Crippen molar-refractivity contribution < 1.29 is 14.6 Å². The first-order valence-corrected chi connectivity index (χ1v) is 6.06. The maximum Gasteiger partial charge on any atom is 0.333 e. The summed E-state index contributed by atoms with van der Waals surface area (Å²) in [6.07, 6.45) is 1.37. The average molecular weight is 262 g/mol. The highest BCUT2D eigenvalue weighted by Gasteiger charge is 2.20. The van der Waals surface area contributed by atoms with Crippen molar-refractivity contribution in [2.75, 3.05) is 26.1 Å². The lowest BCUT2D eigenvalue weighted by Gasteiger charge is -2.16. The lowest BCUT2D eigenvalue weighted by molar-refractivity contribution is -0.148. The first kappa shape index (κ1) is 13.4. The largest absolute Gasteiger partial charge is 0.479 e. The van der Waals surface area contributed by atoms with Gasteiger partial charge in [0.1, 0.15) is 0 Å². The molecule has 0 saturated carbocycles. The molecule has 2 N–H and O–H groups in total. The fraction of sp³-hybridized carbons (Fsp3) is 0.357. The molecule has 19 heavy (non-hydrogen) atoms. The predicted octanol–water partition coefficient (Wildman–Crippen LogP) is 1.88. The number of carboxylic acids is 1. The third kappa shape index (κ3) is 2.56. The highest BCUT2D eigenvalue weighted by molar-refractivity contribution is 5.95. The quantitative estimate of drug-likeness (QED) is 0.863. The second kappa shape index (κ2) is 5.32. The van der Waals surface area contributed by atoms with Gasteiger partial charge in [0.05, 0.1) is 0 Å². The molecular weight excluding hydrogens is 244 g/mol. The number of rotatable bonds is 5. The molecule has 2 rings (SSSR count). The molecule has 0 spiro atoms. The van der Waals surface area contributed by atoms with E-state index in [2.05, 4.69) is 4.98 Å². The molecule has 0 aliphatic heterocycles. The summed E-state index contributed by atoms with van der Waals surface area (Å²) in [5.41, 5.74) is 3.02. The molecule has 5 heteroatoms. The van der Waals surface area contributed by atoms with Gasteiger partial charge in [-0.15, -0.1) is 0 Å². The Balaban J connectivity index is 2.46. The number of H-pyrrole nitrogens is 1. The van der Waals surface area contributed by atoms with Gasteiger partial charge in [0, 0.05) is 50.4 Å². The molecule has 0 amide bonds. The van der Waals surface area contributed by atoms with Gasteiger partial charge in [0.2, 0.25) is 0 Å². The molecule has 1 heterocycles. The number of methoxy groups -OCH3 is 1. The van der Waals surface area contributed by atoms with Crippen LogP contribution >= 0.6 is 0 Å². The number of hydrogen-bond donors (Lipinski definition) is 2. The fourth-order valence-corrected chi connectivity index (χ4v) is 2.24. The molecule has 102 valence electrons. The number of ether oxygens (including phenoxy) is 1. The van der Waals surface area contributed by atoms with Crippen LogP contribution in [-0.2, 0) is 16.0 Å². The molecule has 0 aliphatic carbocycles. The maximum absolute atomic E-state index is 11.1. The Morgan fingerprint density at radius 2 is 2.21 bits per heavy atom. The van der Waals surface area contributed by atoms with Crippen LogP contribution < -0.4 is 4.90 Å². The van der Waals surface area contributed by atoms with Crippen molar-refractivity contribution in [3.63, 3.8) is 0 Å².